The molecule has 0 amide bonds. The number of aromatic nitrogens is 3. The molecule has 1 aliphatic rings. The van der Waals surface area contributed by atoms with Crippen molar-refractivity contribution < 1.29 is 23.0 Å². The molecule has 0 N–H and O–H groups in total. The van der Waals surface area contributed by atoms with Gasteiger partial charge in [0.05, 0.1) is 30.3 Å². The Morgan fingerprint density at radius 2 is 1.82 bits per heavy atom. The molecule has 3 aromatic carbocycles. The first-order valence-electron chi connectivity index (χ1n) is 13.2. The molecule has 0 radical (unpaired) electrons. The number of aryl methyl sites for hydroxylation is 1. The average Bonchev–Trinajstić information content (AvgIpc) is 3.46. The minimum atomic E-state index is -2.71. The largest absolute Gasteiger partial charge is 0.492 e. The Hall–Kier alpha value is -4.20. The van der Waals surface area contributed by atoms with Gasteiger partial charge >= 0.3 is 5.97 Å². The number of halogens is 2. The van der Waals surface area contributed by atoms with Crippen LogP contribution in [0.2, 0.25) is 0 Å². The SMILES string of the molecule is CCn1c2c(c3cc(-c4nc5cc(C(=O)OC)ccc5n4CCOc4ccccc4)ccc31)CC(F)(F)CC2. The lowest BCUT2D eigenvalue weighted by molar-refractivity contribution is -0.0125. The number of fused-ring (bicyclic) bond motifs is 4. The predicted molar refractivity (Wildman–Crippen MR) is 147 cm³/mol. The van der Waals surface area contributed by atoms with Gasteiger partial charge in [-0.05, 0) is 67.4 Å². The Kier molecular flexibility index (Phi) is 6.33. The van der Waals surface area contributed by atoms with E-state index in [9.17, 15) is 13.6 Å². The molecule has 2 heterocycles. The minimum absolute atomic E-state index is 0.122. The second-order valence-electron chi connectivity index (χ2n) is 9.88. The van der Waals surface area contributed by atoms with Gasteiger partial charge in [0, 0.05) is 41.5 Å². The van der Waals surface area contributed by atoms with E-state index in [0.29, 0.717) is 36.5 Å². The van der Waals surface area contributed by atoms with Crippen molar-refractivity contribution in [3.8, 4) is 17.1 Å². The first-order valence-corrected chi connectivity index (χ1v) is 13.2. The first kappa shape index (κ1) is 25.1. The number of imidazole rings is 1. The zero-order valence-corrected chi connectivity index (χ0v) is 21.9. The number of ether oxygens (including phenoxy) is 2. The fourth-order valence-electron chi connectivity index (χ4n) is 5.70. The van der Waals surface area contributed by atoms with Gasteiger partial charge in [0.2, 0.25) is 0 Å². The van der Waals surface area contributed by atoms with Crippen LogP contribution in [0.1, 0.15) is 35.0 Å². The molecule has 0 fully saturated rings. The predicted octanol–water partition coefficient (Wildman–Crippen LogP) is 6.67. The lowest BCUT2D eigenvalue weighted by Gasteiger charge is -2.23. The van der Waals surface area contributed by atoms with Gasteiger partial charge in [-0.15, -0.1) is 0 Å². The van der Waals surface area contributed by atoms with Crippen molar-refractivity contribution in [1.29, 1.82) is 0 Å². The standard InChI is InChI=1S/C31H29F2N3O3/c1-3-35-26-11-9-20(17-23(26)24-19-31(32,33)14-13-27(24)35)29-34-25-18-21(30(37)38-2)10-12-28(25)36(29)15-16-39-22-7-5-4-6-8-22/h4-12,17-18H,3,13-16,19H2,1-2H3. The normalized spacial score (nSPS) is 14.5. The summed E-state index contributed by atoms with van der Waals surface area (Å²) in [6.45, 7) is 3.67. The third-order valence-corrected chi connectivity index (χ3v) is 7.52. The summed E-state index contributed by atoms with van der Waals surface area (Å²) in [4.78, 5) is 17.1. The number of hydrogen-bond acceptors (Lipinski definition) is 4. The molecule has 0 saturated heterocycles. The molecular weight excluding hydrogens is 500 g/mol. The second-order valence-corrected chi connectivity index (χ2v) is 9.88. The van der Waals surface area contributed by atoms with Crippen LogP contribution in [0.5, 0.6) is 5.75 Å². The van der Waals surface area contributed by atoms with Gasteiger partial charge < -0.3 is 18.6 Å². The van der Waals surface area contributed by atoms with E-state index in [1.165, 1.54) is 7.11 Å². The van der Waals surface area contributed by atoms with Crippen molar-refractivity contribution in [1.82, 2.24) is 14.1 Å². The summed E-state index contributed by atoms with van der Waals surface area (Å²) >= 11 is 0. The number of esters is 1. The van der Waals surface area contributed by atoms with E-state index in [4.69, 9.17) is 14.5 Å². The number of alkyl halides is 2. The molecule has 0 saturated carbocycles. The summed E-state index contributed by atoms with van der Waals surface area (Å²) in [6.07, 6.45) is -0.00610. The molecule has 200 valence electrons. The Bertz CT molecular complexity index is 1690. The van der Waals surface area contributed by atoms with Crippen molar-refractivity contribution in [3.63, 3.8) is 0 Å². The van der Waals surface area contributed by atoms with Gasteiger partial charge in [-0.2, -0.15) is 0 Å². The third-order valence-electron chi connectivity index (χ3n) is 7.52. The minimum Gasteiger partial charge on any atom is -0.492 e. The van der Waals surface area contributed by atoms with Crippen LogP contribution < -0.4 is 4.74 Å². The number of benzene rings is 3. The van der Waals surface area contributed by atoms with Crippen LogP contribution in [0.3, 0.4) is 0 Å². The summed E-state index contributed by atoms with van der Waals surface area (Å²) in [5, 5.41) is 0.845. The highest BCUT2D eigenvalue weighted by molar-refractivity contribution is 5.95. The molecular formula is C31H29F2N3O3. The van der Waals surface area contributed by atoms with Gasteiger partial charge in [-0.3, -0.25) is 0 Å². The Morgan fingerprint density at radius 1 is 1.03 bits per heavy atom. The fraction of sp³-hybridized carbons (Fsp3) is 0.290. The molecule has 6 rings (SSSR count). The number of carbonyl (C=O) groups excluding carboxylic acids is 1. The molecule has 2 aromatic heterocycles. The van der Waals surface area contributed by atoms with Crippen molar-refractivity contribution >= 4 is 27.9 Å². The van der Waals surface area contributed by atoms with E-state index in [0.717, 1.165) is 45.5 Å². The maximum absolute atomic E-state index is 14.5. The number of carbonyl (C=O) groups is 1. The van der Waals surface area contributed by atoms with Crippen LogP contribution in [0, 0.1) is 0 Å². The first-order chi connectivity index (χ1) is 18.9. The van der Waals surface area contributed by atoms with Gasteiger partial charge in [0.1, 0.15) is 18.2 Å². The van der Waals surface area contributed by atoms with Crippen LogP contribution >= 0.6 is 0 Å². The van der Waals surface area contributed by atoms with Crippen molar-refractivity contribution in [2.24, 2.45) is 0 Å². The summed E-state index contributed by atoms with van der Waals surface area (Å²) in [5.41, 5.74) is 5.42. The maximum atomic E-state index is 14.5. The van der Waals surface area contributed by atoms with Crippen molar-refractivity contribution in [3.05, 3.63) is 83.6 Å². The smallest absolute Gasteiger partial charge is 0.337 e. The van der Waals surface area contributed by atoms with E-state index in [1.807, 2.05) is 61.5 Å². The van der Waals surface area contributed by atoms with E-state index in [2.05, 4.69) is 9.13 Å². The summed E-state index contributed by atoms with van der Waals surface area (Å²) in [5.74, 6) is -1.69. The molecule has 5 aromatic rings. The van der Waals surface area contributed by atoms with E-state index in [1.54, 1.807) is 12.1 Å². The summed E-state index contributed by atoms with van der Waals surface area (Å²) in [7, 11) is 1.35. The van der Waals surface area contributed by atoms with Gasteiger partial charge in [-0.1, -0.05) is 18.2 Å². The zero-order valence-electron chi connectivity index (χ0n) is 21.9. The molecule has 0 unspecified atom stereocenters. The van der Waals surface area contributed by atoms with Gasteiger partial charge in [-0.25, -0.2) is 18.6 Å². The number of methoxy groups -OCH3 is 1. The molecule has 0 aliphatic heterocycles. The zero-order chi connectivity index (χ0) is 27.1. The Balaban J connectivity index is 1.46. The number of para-hydroxylation sites is 1. The molecule has 0 spiro atoms. The van der Waals surface area contributed by atoms with Crippen LogP contribution in [0.15, 0.2) is 66.7 Å². The second kappa shape index (κ2) is 9.84. The lowest BCUT2D eigenvalue weighted by Crippen LogP contribution is -2.26. The maximum Gasteiger partial charge on any atom is 0.337 e. The fourth-order valence-corrected chi connectivity index (χ4v) is 5.70. The average molecular weight is 530 g/mol. The Morgan fingerprint density at radius 3 is 2.59 bits per heavy atom. The highest BCUT2D eigenvalue weighted by Crippen LogP contribution is 2.40. The number of hydrogen-bond donors (Lipinski definition) is 0. The molecule has 8 heteroatoms. The molecule has 39 heavy (non-hydrogen) atoms. The van der Waals surface area contributed by atoms with E-state index < -0.39 is 11.9 Å². The van der Waals surface area contributed by atoms with Crippen LogP contribution in [-0.4, -0.2) is 39.7 Å². The third kappa shape index (κ3) is 4.54. The topological polar surface area (TPSA) is 58.3 Å². The molecule has 0 bridgehead atoms. The quantitative estimate of drug-likeness (QED) is 0.221. The van der Waals surface area contributed by atoms with Crippen LogP contribution in [0.25, 0.3) is 33.3 Å². The van der Waals surface area contributed by atoms with Gasteiger partial charge in [0.25, 0.3) is 5.92 Å². The van der Waals surface area contributed by atoms with Gasteiger partial charge in [0.15, 0.2) is 0 Å². The summed E-state index contributed by atoms with van der Waals surface area (Å²) in [6, 6.07) is 20.9. The number of nitrogens with zero attached hydrogens (tertiary/aromatic N) is 3. The lowest BCUT2D eigenvalue weighted by atomic mass is 9.92. The van der Waals surface area contributed by atoms with E-state index in [-0.39, 0.29) is 12.8 Å². The molecule has 6 nitrogen and oxygen atoms in total. The highest BCUT2D eigenvalue weighted by Gasteiger charge is 2.37. The summed E-state index contributed by atoms with van der Waals surface area (Å²) < 4.78 is 44.1. The van der Waals surface area contributed by atoms with E-state index >= 15 is 0 Å². The van der Waals surface area contributed by atoms with Crippen LogP contribution in [-0.2, 0) is 30.7 Å². The monoisotopic (exact) mass is 529 g/mol. The Labute approximate surface area is 224 Å². The highest BCUT2D eigenvalue weighted by atomic mass is 19.3. The van der Waals surface area contributed by atoms with Crippen molar-refractivity contribution in [2.45, 2.75) is 45.2 Å². The molecule has 0 atom stereocenters. The van der Waals surface area contributed by atoms with Crippen LogP contribution in [0.4, 0.5) is 8.78 Å². The molecule has 1 aliphatic carbocycles. The number of rotatable bonds is 7. The van der Waals surface area contributed by atoms with Crippen molar-refractivity contribution in [2.75, 3.05) is 13.7 Å².